The predicted octanol–water partition coefficient (Wildman–Crippen LogP) is 6.87. The number of ether oxygens (including phenoxy) is 5. The average Bonchev–Trinajstić information content (AvgIpc) is 3.68. The summed E-state index contributed by atoms with van der Waals surface area (Å²) in [4.78, 5) is 11.5. The molecular formula is C32H50O6. The van der Waals surface area contributed by atoms with Crippen LogP contribution >= 0.6 is 0 Å². The van der Waals surface area contributed by atoms with Crippen molar-refractivity contribution in [2.45, 2.75) is 128 Å². The van der Waals surface area contributed by atoms with Gasteiger partial charge in [0.2, 0.25) is 0 Å². The van der Waals surface area contributed by atoms with Crippen molar-refractivity contribution in [2.24, 2.45) is 23.7 Å². The SMILES string of the molecule is COC(=O)CCCC=C1C[C@H]2C[C@@H](OC3CCCCO3)[C@@H](C=C[C@@H](OC3CCCCO3)C3CCCC3)[C@@H]2C1. The van der Waals surface area contributed by atoms with Gasteiger partial charge in [0.25, 0.3) is 0 Å². The van der Waals surface area contributed by atoms with Gasteiger partial charge in [0.15, 0.2) is 12.6 Å². The maximum absolute atomic E-state index is 11.5. The highest BCUT2D eigenvalue weighted by atomic mass is 16.7. The summed E-state index contributed by atoms with van der Waals surface area (Å²) in [6.45, 7) is 1.65. The summed E-state index contributed by atoms with van der Waals surface area (Å²) in [6, 6.07) is 0. The summed E-state index contributed by atoms with van der Waals surface area (Å²) < 4.78 is 30.1. The van der Waals surface area contributed by atoms with Crippen LogP contribution in [0.5, 0.6) is 0 Å². The van der Waals surface area contributed by atoms with Crippen molar-refractivity contribution < 1.29 is 28.5 Å². The van der Waals surface area contributed by atoms with E-state index in [2.05, 4.69) is 18.2 Å². The standard InChI is InChI=1S/C32H50O6/c1-34-30(33)13-5-2-10-23-20-25-22-29(38-32-15-7-9-19-36-32)26(27(25)21-23)16-17-28(24-11-3-4-12-24)37-31-14-6-8-18-35-31/h10,16-17,24-29,31-32H,2-9,11-15,18-22H2,1H3/t25-,26-,27+,28+,29+,31?,32?/m0/s1. The fourth-order valence-corrected chi connectivity index (χ4v) is 7.56. The summed E-state index contributed by atoms with van der Waals surface area (Å²) in [5.74, 6) is 2.16. The number of carbonyl (C=O) groups excluding carboxylic acids is 1. The van der Waals surface area contributed by atoms with E-state index in [0.29, 0.717) is 30.1 Å². The molecule has 3 saturated carbocycles. The zero-order valence-corrected chi connectivity index (χ0v) is 23.5. The van der Waals surface area contributed by atoms with Crippen molar-refractivity contribution in [2.75, 3.05) is 20.3 Å². The molecular weight excluding hydrogens is 480 g/mol. The second kappa shape index (κ2) is 14.4. The summed E-state index contributed by atoms with van der Waals surface area (Å²) in [6.07, 6.45) is 25.1. The Morgan fingerprint density at radius 1 is 0.974 bits per heavy atom. The first kappa shape index (κ1) is 28.3. The number of methoxy groups -OCH3 is 1. The molecule has 2 saturated heterocycles. The quantitative estimate of drug-likeness (QED) is 0.165. The Morgan fingerprint density at radius 3 is 2.42 bits per heavy atom. The Hall–Kier alpha value is -1.21. The topological polar surface area (TPSA) is 63.2 Å². The molecule has 2 unspecified atom stereocenters. The molecule has 2 aliphatic heterocycles. The molecule has 3 aliphatic carbocycles. The van der Waals surface area contributed by atoms with Gasteiger partial charge in [-0.25, -0.2) is 0 Å². The van der Waals surface area contributed by atoms with Gasteiger partial charge in [-0.3, -0.25) is 4.79 Å². The predicted molar refractivity (Wildman–Crippen MR) is 146 cm³/mol. The highest BCUT2D eigenvalue weighted by Gasteiger charge is 2.47. The lowest BCUT2D eigenvalue weighted by atomic mass is 9.89. The normalized spacial score (nSPS) is 36.2. The van der Waals surface area contributed by atoms with Crippen molar-refractivity contribution in [3.63, 3.8) is 0 Å². The minimum atomic E-state index is -0.112. The molecule has 0 N–H and O–H groups in total. The van der Waals surface area contributed by atoms with Gasteiger partial charge in [-0.1, -0.05) is 36.6 Å². The Kier molecular flexibility index (Phi) is 10.8. The first-order valence-electron chi connectivity index (χ1n) is 15.7. The molecule has 7 atom stereocenters. The molecule has 0 amide bonds. The van der Waals surface area contributed by atoms with Crippen molar-refractivity contribution in [1.82, 2.24) is 0 Å². The second-order valence-corrected chi connectivity index (χ2v) is 12.3. The van der Waals surface area contributed by atoms with Crippen LogP contribution in [0, 0.1) is 23.7 Å². The average molecular weight is 531 g/mol. The van der Waals surface area contributed by atoms with E-state index >= 15 is 0 Å². The molecule has 0 bridgehead atoms. The van der Waals surface area contributed by atoms with Crippen LogP contribution in [-0.2, 0) is 28.5 Å². The van der Waals surface area contributed by atoms with Gasteiger partial charge < -0.3 is 23.7 Å². The van der Waals surface area contributed by atoms with Crippen LogP contribution in [0.1, 0.15) is 103 Å². The summed E-state index contributed by atoms with van der Waals surface area (Å²) in [5.41, 5.74) is 1.56. The fraction of sp³-hybridized carbons (Fsp3) is 0.844. The van der Waals surface area contributed by atoms with Crippen LogP contribution in [0.3, 0.4) is 0 Å². The van der Waals surface area contributed by atoms with Crippen molar-refractivity contribution >= 4 is 5.97 Å². The van der Waals surface area contributed by atoms with Crippen LogP contribution in [0.25, 0.3) is 0 Å². The minimum absolute atomic E-state index is 0.0469. The minimum Gasteiger partial charge on any atom is -0.469 e. The Bertz CT molecular complexity index is 790. The number of allylic oxidation sites excluding steroid dienone is 2. The molecule has 6 heteroatoms. The van der Waals surface area contributed by atoms with Crippen LogP contribution < -0.4 is 0 Å². The number of rotatable bonds is 11. The molecule has 5 rings (SSSR count). The van der Waals surface area contributed by atoms with E-state index in [0.717, 1.165) is 71.0 Å². The maximum atomic E-state index is 11.5. The molecule has 214 valence electrons. The van der Waals surface area contributed by atoms with Gasteiger partial charge in [-0.15, -0.1) is 0 Å². The molecule has 38 heavy (non-hydrogen) atoms. The van der Waals surface area contributed by atoms with Gasteiger partial charge in [-0.05, 0) is 101 Å². The van der Waals surface area contributed by atoms with Gasteiger partial charge in [0, 0.05) is 25.6 Å². The Morgan fingerprint density at radius 2 is 1.71 bits per heavy atom. The summed E-state index contributed by atoms with van der Waals surface area (Å²) in [5, 5.41) is 0. The molecule has 6 nitrogen and oxygen atoms in total. The third-order valence-electron chi connectivity index (χ3n) is 9.63. The molecule has 5 fully saturated rings. The van der Waals surface area contributed by atoms with Gasteiger partial charge in [-0.2, -0.15) is 0 Å². The Balaban J connectivity index is 1.26. The number of carbonyl (C=O) groups is 1. The van der Waals surface area contributed by atoms with Gasteiger partial charge in [0.1, 0.15) is 0 Å². The summed E-state index contributed by atoms with van der Waals surface area (Å²) >= 11 is 0. The van der Waals surface area contributed by atoms with E-state index in [4.69, 9.17) is 23.7 Å². The lowest BCUT2D eigenvalue weighted by Gasteiger charge is -2.31. The smallest absolute Gasteiger partial charge is 0.305 e. The lowest BCUT2D eigenvalue weighted by Crippen LogP contribution is -2.32. The van der Waals surface area contributed by atoms with Gasteiger partial charge in [0.05, 0.1) is 19.3 Å². The van der Waals surface area contributed by atoms with E-state index in [-0.39, 0.29) is 30.8 Å². The maximum Gasteiger partial charge on any atom is 0.305 e. The second-order valence-electron chi connectivity index (χ2n) is 12.3. The molecule has 5 aliphatic rings. The molecule has 0 aromatic rings. The molecule has 2 heterocycles. The number of fused-ring (bicyclic) bond motifs is 1. The monoisotopic (exact) mass is 530 g/mol. The molecule has 0 aromatic carbocycles. The molecule has 0 spiro atoms. The lowest BCUT2D eigenvalue weighted by molar-refractivity contribution is -0.193. The first-order chi connectivity index (χ1) is 18.7. The fourth-order valence-electron chi connectivity index (χ4n) is 7.56. The number of unbranched alkanes of at least 4 members (excludes halogenated alkanes) is 1. The van der Waals surface area contributed by atoms with Crippen LogP contribution in [0.4, 0.5) is 0 Å². The van der Waals surface area contributed by atoms with Crippen molar-refractivity contribution in [1.29, 1.82) is 0 Å². The van der Waals surface area contributed by atoms with Crippen molar-refractivity contribution in [3.05, 3.63) is 23.8 Å². The van der Waals surface area contributed by atoms with Crippen molar-refractivity contribution in [3.8, 4) is 0 Å². The van der Waals surface area contributed by atoms with E-state index in [9.17, 15) is 4.79 Å². The highest BCUT2D eigenvalue weighted by Crippen LogP contribution is 2.52. The third-order valence-corrected chi connectivity index (χ3v) is 9.63. The third kappa shape index (κ3) is 7.71. The van der Waals surface area contributed by atoms with Crippen LogP contribution in [0.2, 0.25) is 0 Å². The van der Waals surface area contributed by atoms with Crippen LogP contribution in [-0.4, -0.2) is 51.1 Å². The van der Waals surface area contributed by atoms with E-state index in [1.807, 2.05) is 0 Å². The van der Waals surface area contributed by atoms with E-state index < -0.39 is 0 Å². The number of esters is 1. The first-order valence-corrected chi connectivity index (χ1v) is 15.7. The Labute approximate surface area is 229 Å². The zero-order valence-electron chi connectivity index (χ0n) is 23.5. The zero-order chi connectivity index (χ0) is 26.2. The number of hydrogen-bond donors (Lipinski definition) is 0. The molecule has 0 aromatic heterocycles. The van der Waals surface area contributed by atoms with Crippen LogP contribution in [0.15, 0.2) is 23.8 Å². The van der Waals surface area contributed by atoms with E-state index in [1.165, 1.54) is 45.6 Å². The summed E-state index contributed by atoms with van der Waals surface area (Å²) in [7, 11) is 1.47. The molecule has 0 radical (unpaired) electrons. The highest BCUT2D eigenvalue weighted by molar-refractivity contribution is 5.69. The van der Waals surface area contributed by atoms with E-state index in [1.54, 1.807) is 5.57 Å². The largest absolute Gasteiger partial charge is 0.469 e. The number of hydrogen-bond acceptors (Lipinski definition) is 6. The van der Waals surface area contributed by atoms with Gasteiger partial charge >= 0.3 is 5.97 Å².